The number of aromatic nitrogens is 1. The molecule has 6 nitrogen and oxygen atoms in total. The van der Waals surface area contributed by atoms with Crippen molar-refractivity contribution < 1.29 is 13.2 Å². The largest absolute Gasteiger partial charge is 0.298 e. The van der Waals surface area contributed by atoms with Gasteiger partial charge in [-0.1, -0.05) is 29.8 Å². The Balaban J connectivity index is 1.70. The highest BCUT2D eigenvalue weighted by molar-refractivity contribution is 7.93. The lowest BCUT2D eigenvalue weighted by Crippen LogP contribution is -2.29. The first-order chi connectivity index (χ1) is 13.0. The van der Waals surface area contributed by atoms with Crippen molar-refractivity contribution in [3.63, 3.8) is 0 Å². The predicted molar refractivity (Wildman–Crippen MR) is 106 cm³/mol. The summed E-state index contributed by atoms with van der Waals surface area (Å²) in [4.78, 5) is 16.3. The quantitative estimate of drug-likeness (QED) is 0.697. The second-order valence-electron chi connectivity index (χ2n) is 5.89. The number of nitrogens with one attached hydrogen (secondary N) is 1. The van der Waals surface area contributed by atoms with Gasteiger partial charge >= 0.3 is 0 Å². The topological polar surface area (TPSA) is 79.4 Å². The van der Waals surface area contributed by atoms with Crippen molar-refractivity contribution in [2.45, 2.75) is 11.3 Å². The number of benzene rings is 2. The summed E-state index contributed by atoms with van der Waals surface area (Å²) in [5, 5.41) is 4.88. The minimum absolute atomic E-state index is 0.0742. The molecule has 1 amide bonds. The van der Waals surface area contributed by atoms with Crippen LogP contribution in [-0.2, 0) is 16.4 Å². The number of para-hydroxylation sites is 1. The lowest BCUT2D eigenvalue weighted by Gasteiger charge is -2.20. The average Bonchev–Trinajstić information content (AvgIpc) is 3.31. The Morgan fingerprint density at radius 2 is 2.04 bits per heavy atom. The van der Waals surface area contributed by atoms with Gasteiger partial charge in [0, 0.05) is 23.7 Å². The van der Waals surface area contributed by atoms with Crippen LogP contribution in [0.25, 0.3) is 0 Å². The molecule has 0 atom stereocenters. The summed E-state index contributed by atoms with van der Waals surface area (Å²) in [5.41, 5.74) is 1.81. The number of hydrogen-bond acceptors (Lipinski definition) is 5. The summed E-state index contributed by atoms with van der Waals surface area (Å²) >= 11 is 7.46. The Morgan fingerprint density at radius 1 is 1.22 bits per heavy atom. The Morgan fingerprint density at radius 3 is 2.81 bits per heavy atom. The van der Waals surface area contributed by atoms with Crippen LogP contribution in [0.1, 0.15) is 15.9 Å². The fourth-order valence-electron chi connectivity index (χ4n) is 2.97. The lowest BCUT2D eigenvalue weighted by molar-refractivity contribution is 0.102. The number of rotatable bonds is 4. The molecule has 3 aromatic rings. The van der Waals surface area contributed by atoms with Gasteiger partial charge in [-0.2, -0.15) is 0 Å². The zero-order valence-electron chi connectivity index (χ0n) is 13.9. The van der Waals surface area contributed by atoms with Gasteiger partial charge in [0.25, 0.3) is 15.9 Å². The highest BCUT2D eigenvalue weighted by atomic mass is 35.5. The molecule has 4 rings (SSSR count). The number of halogens is 1. The molecule has 2 heterocycles. The number of hydrogen-bond donors (Lipinski definition) is 1. The molecule has 0 aliphatic carbocycles. The van der Waals surface area contributed by atoms with Crippen molar-refractivity contribution in [1.29, 1.82) is 0 Å². The fourth-order valence-corrected chi connectivity index (χ4v) is 5.50. The number of amides is 1. The molecule has 138 valence electrons. The van der Waals surface area contributed by atoms with Crippen molar-refractivity contribution in [2.75, 3.05) is 16.2 Å². The maximum Gasteiger partial charge on any atom is 0.265 e. The standard InChI is InChI=1S/C18H14ClN3O3S2/c19-14-6-5-13(17(23)21-18-20-8-10-26-18)11-16(14)27(24,25)22-9-7-12-3-1-2-4-15(12)22/h1-6,8,10-11H,7,9H2,(H,20,21,23). The predicted octanol–water partition coefficient (Wildman–Crippen LogP) is 3.80. The van der Waals surface area contributed by atoms with Crippen molar-refractivity contribution in [3.05, 3.63) is 70.2 Å². The summed E-state index contributed by atoms with van der Waals surface area (Å²) < 4.78 is 27.8. The maximum atomic E-state index is 13.2. The van der Waals surface area contributed by atoms with E-state index in [1.165, 1.54) is 33.8 Å². The molecule has 2 aromatic carbocycles. The Hall–Kier alpha value is -2.42. The van der Waals surface area contributed by atoms with E-state index in [0.29, 0.717) is 23.8 Å². The van der Waals surface area contributed by atoms with Gasteiger partial charge in [-0.05, 0) is 36.2 Å². The van der Waals surface area contributed by atoms with Gasteiger partial charge in [0.2, 0.25) is 0 Å². The van der Waals surface area contributed by atoms with Gasteiger partial charge < -0.3 is 0 Å². The van der Waals surface area contributed by atoms with Crippen molar-refractivity contribution >= 4 is 49.7 Å². The van der Waals surface area contributed by atoms with Gasteiger partial charge in [0.1, 0.15) is 4.90 Å². The van der Waals surface area contributed by atoms with Gasteiger partial charge in [0.15, 0.2) is 5.13 Å². The molecule has 0 bridgehead atoms. The molecule has 0 fully saturated rings. The first-order valence-corrected chi connectivity index (χ1v) is 10.8. The number of nitrogens with zero attached hydrogens (tertiary/aromatic N) is 2. The van der Waals surface area contributed by atoms with Crippen LogP contribution in [0.3, 0.4) is 0 Å². The minimum atomic E-state index is -3.89. The molecule has 0 saturated heterocycles. The first kappa shape index (κ1) is 18.0. The highest BCUT2D eigenvalue weighted by Crippen LogP contribution is 2.35. The van der Waals surface area contributed by atoms with Crippen LogP contribution in [0.5, 0.6) is 0 Å². The Labute approximate surface area is 165 Å². The van der Waals surface area contributed by atoms with E-state index in [-0.39, 0.29) is 15.5 Å². The molecule has 0 spiro atoms. The van der Waals surface area contributed by atoms with E-state index in [4.69, 9.17) is 11.6 Å². The maximum absolute atomic E-state index is 13.2. The fraction of sp³-hybridized carbons (Fsp3) is 0.111. The average molecular weight is 420 g/mol. The number of carbonyl (C=O) groups excluding carboxylic acids is 1. The van der Waals surface area contributed by atoms with Gasteiger partial charge in [-0.3, -0.25) is 14.4 Å². The third-order valence-corrected chi connectivity index (χ3v) is 7.24. The van der Waals surface area contributed by atoms with Crippen LogP contribution < -0.4 is 9.62 Å². The number of sulfonamides is 1. The van der Waals surface area contributed by atoms with E-state index in [2.05, 4.69) is 10.3 Å². The summed E-state index contributed by atoms with van der Waals surface area (Å²) in [6.45, 7) is 0.341. The van der Waals surface area contributed by atoms with Crippen molar-refractivity contribution in [2.24, 2.45) is 0 Å². The smallest absolute Gasteiger partial charge is 0.265 e. The van der Waals surface area contributed by atoms with E-state index < -0.39 is 15.9 Å². The molecule has 27 heavy (non-hydrogen) atoms. The van der Waals surface area contributed by atoms with Gasteiger partial charge in [-0.25, -0.2) is 13.4 Å². The van der Waals surface area contributed by atoms with E-state index >= 15 is 0 Å². The summed E-state index contributed by atoms with van der Waals surface area (Å²) in [6, 6.07) is 11.6. The number of fused-ring (bicyclic) bond motifs is 1. The minimum Gasteiger partial charge on any atom is -0.298 e. The molecule has 1 aliphatic rings. The van der Waals surface area contributed by atoms with Crippen molar-refractivity contribution in [3.8, 4) is 0 Å². The van der Waals surface area contributed by atoms with Gasteiger partial charge in [0.05, 0.1) is 10.7 Å². The van der Waals surface area contributed by atoms with Crippen molar-refractivity contribution in [1.82, 2.24) is 4.98 Å². The molecule has 0 saturated carbocycles. The number of thiazole rings is 1. The second kappa shape index (κ2) is 6.95. The third-order valence-electron chi connectivity index (χ3n) is 4.26. The molecule has 0 radical (unpaired) electrons. The summed E-state index contributed by atoms with van der Waals surface area (Å²) in [6.07, 6.45) is 2.21. The van der Waals surface area contributed by atoms with E-state index in [0.717, 1.165) is 5.56 Å². The van der Waals surface area contributed by atoms with Crippen LogP contribution in [0.4, 0.5) is 10.8 Å². The summed E-state index contributed by atoms with van der Waals surface area (Å²) in [5.74, 6) is -0.445. The van der Waals surface area contributed by atoms with Crippen LogP contribution in [0.2, 0.25) is 5.02 Å². The zero-order valence-corrected chi connectivity index (χ0v) is 16.3. The van der Waals surface area contributed by atoms with Gasteiger partial charge in [-0.15, -0.1) is 11.3 Å². The highest BCUT2D eigenvalue weighted by Gasteiger charge is 2.32. The molecular weight excluding hydrogens is 406 g/mol. The zero-order chi connectivity index (χ0) is 19.0. The molecular formula is C18H14ClN3O3S2. The van der Waals surface area contributed by atoms with Crippen LogP contribution in [0, 0.1) is 0 Å². The molecule has 1 aromatic heterocycles. The normalized spacial score (nSPS) is 13.4. The monoisotopic (exact) mass is 419 g/mol. The first-order valence-electron chi connectivity index (χ1n) is 8.08. The third kappa shape index (κ3) is 3.31. The van der Waals surface area contributed by atoms with Crippen LogP contribution >= 0.6 is 22.9 Å². The second-order valence-corrected chi connectivity index (χ2v) is 9.02. The number of carbonyl (C=O) groups is 1. The Kier molecular flexibility index (Phi) is 4.63. The molecule has 9 heteroatoms. The van der Waals surface area contributed by atoms with Crippen LogP contribution in [0.15, 0.2) is 58.9 Å². The van der Waals surface area contributed by atoms with E-state index in [1.807, 2.05) is 12.1 Å². The lowest BCUT2D eigenvalue weighted by atomic mass is 10.2. The molecule has 0 unspecified atom stereocenters. The molecule has 1 N–H and O–H groups in total. The molecule has 1 aliphatic heterocycles. The van der Waals surface area contributed by atoms with E-state index in [1.54, 1.807) is 23.7 Å². The summed E-state index contributed by atoms with van der Waals surface area (Å²) in [7, 11) is -3.89. The number of anilines is 2. The SMILES string of the molecule is O=C(Nc1nccs1)c1ccc(Cl)c(S(=O)(=O)N2CCc3ccccc32)c1. The van der Waals surface area contributed by atoms with E-state index in [9.17, 15) is 13.2 Å². The van der Waals surface area contributed by atoms with Crippen LogP contribution in [-0.4, -0.2) is 25.9 Å². The Bertz CT molecular complexity index is 1110.